The molecule has 3 nitrogen and oxygen atoms in total. The average molecular weight is 347 g/mol. The van der Waals surface area contributed by atoms with Crippen molar-refractivity contribution in [1.29, 1.82) is 0 Å². The van der Waals surface area contributed by atoms with Crippen molar-refractivity contribution in [3.8, 4) is 0 Å². The third kappa shape index (κ3) is 4.78. The van der Waals surface area contributed by atoms with Crippen LogP contribution in [0.3, 0.4) is 0 Å². The SMILES string of the molecule is O=C(CSC1CCNCC1)Nc1ccc(Br)c(F)c1. The van der Waals surface area contributed by atoms with Gasteiger partial charge < -0.3 is 10.6 Å². The fraction of sp³-hybridized carbons (Fsp3) is 0.462. The molecule has 0 unspecified atom stereocenters. The molecule has 1 aliphatic rings. The van der Waals surface area contributed by atoms with Crippen LogP contribution in [0, 0.1) is 5.82 Å². The number of carbonyl (C=O) groups is 1. The van der Waals surface area contributed by atoms with E-state index in [0.29, 0.717) is 21.2 Å². The molecule has 19 heavy (non-hydrogen) atoms. The van der Waals surface area contributed by atoms with Gasteiger partial charge >= 0.3 is 0 Å². The Morgan fingerprint density at radius 2 is 2.21 bits per heavy atom. The molecule has 1 aromatic carbocycles. The summed E-state index contributed by atoms with van der Waals surface area (Å²) < 4.78 is 13.7. The minimum atomic E-state index is -0.371. The Kier molecular flexibility index (Phi) is 5.66. The fourth-order valence-electron chi connectivity index (χ4n) is 1.93. The Labute approximate surface area is 124 Å². The van der Waals surface area contributed by atoms with Crippen LogP contribution in [0.2, 0.25) is 0 Å². The molecule has 104 valence electrons. The summed E-state index contributed by atoms with van der Waals surface area (Å²) in [7, 11) is 0. The van der Waals surface area contributed by atoms with Crippen LogP contribution in [0.1, 0.15) is 12.8 Å². The Morgan fingerprint density at radius 3 is 2.89 bits per heavy atom. The summed E-state index contributed by atoms with van der Waals surface area (Å²) in [5.41, 5.74) is 0.497. The van der Waals surface area contributed by atoms with Crippen molar-refractivity contribution in [1.82, 2.24) is 5.32 Å². The second-order valence-corrected chi connectivity index (χ2v) is 6.58. The number of amides is 1. The summed E-state index contributed by atoms with van der Waals surface area (Å²) >= 11 is 4.76. The molecule has 0 spiro atoms. The maximum Gasteiger partial charge on any atom is 0.234 e. The summed E-state index contributed by atoms with van der Waals surface area (Å²) in [4.78, 5) is 11.8. The average Bonchev–Trinajstić information content (AvgIpc) is 2.42. The molecule has 0 atom stereocenters. The lowest BCUT2D eigenvalue weighted by atomic mass is 10.2. The smallest absolute Gasteiger partial charge is 0.234 e. The lowest BCUT2D eigenvalue weighted by Gasteiger charge is -2.21. The number of nitrogens with one attached hydrogen (secondary N) is 2. The highest BCUT2D eigenvalue weighted by Crippen LogP contribution is 2.22. The first kappa shape index (κ1) is 14.8. The quantitative estimate of drug-likeness (QED) is 0.880. The third-order valence-electron chi connectivity index (χ3n) is 2.94. The van der Waals surface area contributed by atoms with Crippen LogP contribution in [0.5, 0.6) is 0 Å². The molecular formula is C13H16BrFN2OS. The van der Waals surface area contributed by atoms with Gasteiger partial charge in [0.05, 0.1) is 10.2 Å². The van der Waals surface area contributed by atoms with E-state index in [2.05, 4.69) is 26.6 Å². The molecule has 1 heterocycles. The van der Waals surface area contributed by atoms with E-state index in [4.69, 9.17) is 0 Å². The van der Waals surface area contributed by atoms with Crippen LogP contribution in [0.4, 0.5) is 10.1 Å². The summed E-state index contributed by atoms with van der Waals surface area (Å²) in [6.07, 6.45) is 2.20. The molecule has 6 heteroatoms. The standard InChI is InChI=1S/C13H16BrFN2OS/c14-11-2-1-9(7-12(11)15)17-13(18)8-19-10-3-5-16-6-4-10/h1-2,7,10,16H,3-6,8H2,(H,17,18). The number of halogens is 2. The molecule has 0 aromatic heterocycles. The molecule has 1 saturated heterocycles. The van der Waals surface area contributed by atoms with Crippen molar-refractivity contribution in [2.24, 2.45) is 0 Å². The van der Waals surface area contributed by atoms with Gasteiger partial charge in [-0.3, -0.25) is 4.79 Å². The number of anilines is 1. The highest BCUT2D eigenvalue weighted by Gasteiger charge is 2.15. The molecule has 1 aliphatic heterocycles. The van der Waals surface area contributed by atoms with Gasteiger partial charge in [0.15, 0.2) is 0 Å². The van der Waals surface area contributed by atoms with Crippen LogP contribution in [0.25, 0.3) is 0 Å². The van der Waals surface area contributed by atoms with Crippen molar-refractivity contribution in [2.75, 3.05) is 24.2 Å². The highest BCUT2D eigenvalue weighted by molar-refractivity contribution is 9.10. The number of rotatable bonds is 4. The van der Waals surface area contributed by atoms with E-state index in [1.165, 1.54) is 6.07 Å². The van der Waals surface area contributed by atoms with Crippen molar-refractivity contribution < 1.29 is 9.18 Å². The van der Waals surface area contributed by atoms with Crippen LogP contribution >= 0.6 is 27.7 Å². The minimum Gasteiger partial charge on any atom is -0.325 e. The van der Waals surface area contributed by atoms with E-state index in [0.717, 1.165) is 25.9 Å². The van der Waals surface area contributed by atoms with Crippen molar-refractivity contribution >= 4 is 39.3 Å². The summed E-state index contributed by atoms with van der Waals surface area (Å²) in [6.45, 7) is 2.05. The second-order valence-electron chi connectivity index (χ2n) is 4.44. The second kappa shape index (κ2) is 7.26. The van der Waals surface area contributed by atoms with Gasteiger partial charge in [0.1, 0.15) is 5.82 Å². The molecular weight excluding hydrogens is 331 g/mol. The normalized spacial score (nSPS) is 16.3. The van der Waals surface area contributed by atoms with Crippen LogP contribution in [-0.4, -0.2) is 30.0 Å². The molecule has 0 radical (unpaired) electrons. The van der Waals surface area contributed by atoms with Crippen molar-refractivity contribution in [2.45, 2.75) is 18.1 Å². The van der Waals surface area contributed by atoms with E-state index in [1.807, 2.05) is 0 Å². The van der Waals surface area contributed by atoms with E-state index >= 15 is 0 Å². The zero-order valence-corrected chi connectivity index (χ0v) is 12.8. The lowest BCUT2D eigenvalue weighted by molar-refractivity contribution is -0.113. The van der Waals surface area contributed by atoms with Gasteiger partial charge in [-0.15, -0.1) is 11.8 Å². The van der Waals surface area contributed by atoms with E-state index in [-0.39, 0.29) is 11.7 Å². The number of benzene rings is 1. The molecule has 1 amide bonds. The fourth-order valence-corrected chi connectivity index (χ4v) is 3.20. The number of hydrogen-bond acceptors (Lipinski definition) is 3. The minimum absolute atomic E-state index is 0.0785. The van der Waals surface area contributed by atoms with Crippen LogP contribution in [-0.2, 0) is 4.79 Å². The zero-order chi connectivity index (χ0) is 13.7. The van der Waals surface area contributed by atoms with E-state index in [9.17, 15) is 9.18 Å². The van der Waals surface area contributed by atoms with Crippen molar-refractivity contribution in [3.63, 3.8) is 0 Å². The first-order valence-electron chi connectivity index (χ1n) is 6.22. The molecule has 0 saturated carbocycles. The van der Waals surface area contributed by atoms with Gasteiger partial charge in [0, 0.05) is 10.9 Å². The van der Waals surface area contributed by atoms with E-state index < -0.39 is 0 Å². The number of thioether (sulfide) groups is 1. The molecule has 0 bridgehead atoms. The van der Waals surface area contributed by atoms with Gasteiger partial charge in [0.25, 0.3) is 0 Å². The van der Waals surface area contributed by atoms with Gasteiger partial charge in [-0.25, -0.2) is 4.39 Å². The van der Waals surface area contributed by atoms with Gasteiger partial charge in [-0.05, 0) is 60.1 Å². The monoisotopic (exact) mass is 346 g/mol. The van der Waals surface area contributed by atoms with Gasteiger partial charge in [0.2, 0.25) is 5.91 Å². The lowest BCUT2D eigenvalue weighted by Crippen LogP contribution is -2.30. The predicted molar refractivity (Wildman–Crippen MR) is 81.1 cm³/mol. The molecule has 0 aliphatic carbocycles. The van der Waals surface area contributed by atoms with Crippen LogP contribution < -0.4 is 10.6 Å². The molecule has 1 aromatic rings. The van der Waals surface area contributed by atoms with Crippen molar-refractivity contribution in [3.05, 3.63) is 28.5 Å². The largest absolute Gasteiger partial charge is 0.325 e. The number of hydrogen-bond donors (Lipinski definition) is 2. The molecule has 1 fully saturated rings. The predicted octanol–water partition coefficient (Wildman–Crippen LogP) is 3.01. The van der Waals surface area contributed by atoms with E-state index in [1.54, 1.807) is 23.9 Å². The maximum atomic E-state index is 13.3. The Bertz CT molecular complexity index is 452. The summed E-state index contributed by atoms with van der Waals surface area (Å²) in [6, 6.07) is 4.59. The first-order chi connectivity index (χ1) is 9.15. The first-order valence-corrected chi connectivity index (χ1v) is 8.06. The molecule has 2 rings (SSSR count). The zero-order valence-electron chi connectivity index (χ0n) is 10.4. The summed E-state index contributed by atoms with van der Waals surface area (Å²) in [5.74, 6) is -0.0309. The van der Waals surface area contributed by atoms with Crippen LogP contribution in [0.15, 0.2) is 22.7 Å². The Hall–Kier alpha value is -0.590. The summed E-state index contributed by atoms with van der Waals surface area (Å²) in [5, 5.41) is 6.56. The Balaban J connectivity index is 1.78. The van der Waals surface area contributed by atoms with Gasteiger partial charge in [-0.2, -0.15) is 0 Å². The maximum absolute atomic E-state index is 13.3. The third-order valence-corrected chi connectivity index (χ3v) is 4.95. The topological polar surface area (TPSA) is 41.1 Å². The number of piperidine rings is 1. The highest BCUT2D eigenvalue weighted by atomic mass is 79.9. The number of carbonyl (C=O) groups excluding carboxylic acids is 1. The molecule has 2 N–H and O–H groups in total. The van der Waals surface area contributed by atoms with Gasteiger partial charge in [-0.1, -0.05) is 0 Å². The Morgan fingerprint density at radius 1 is 1.47 bits per heavy atom.